The van der Waals surface area contributed by atoms with Gasteiger partial charge in [0.1, 0.15) is 0 Å². The van der Waals surface area contributed by atoms with Gasteiger partial charge in [-0.2, -0.15) is 0 Å². The van der Waals surface area contributed by atoms with E-state index in [1.54, 1.807) is 6.07 Å². The molecule has 0 fully saturated rings. The van der Waals surface area contributed by atoms with E-state index in [-0.39, 0.29) is 5.97 Å². The lowest BCUT2D eigenvalue weighted by molar-refractivity contribution is 0.0599. The number of rotatable bonds is 2. The number of carbonyl (C=O) groups excluding carboxylic acids is 1. The summed E-state index contributed by atoms with van der Waals surface area (Å²) in [5, 5.41) is 0. The number of methoxy groups -OCH3 is 1. The maximum atomic E-state index is 11.2. The zero-order valence-electron chi connectivity index (χ0n) is 8.13. The minimum absolute atomic E-state index is 0.315. The van der Waals surface area contributed by atoms with Crippen LogP contribution in [-0.2, 0) is 11.2 Å². The fourth-order valence-electron chi connectivity index (χ4n) is 1.18. The van der Waals surface area contributed by atoms with Crippen LogP contribution in [0.25, 0.3) is 0 Å². The first kappa shape index (κ1) is 9.71. The quantitative estimate of drug-likeness (QED) is 0.649. The summed E-state index contributed by atoms with van der Waals surface area (Å²) in [6.45, 7) is 3.87. The van der Waals surface area contributed by atoms with Crippen LogP contribution < -0.4 is 0 Å². The number of carbonyl (C=O) groups is 1. The molecular formula is C10H13NO2. The molecule has 0 atom stereocenters. The Morgan fingerprint density at radius 3 is 2.77 bits per heavy atom. The SMILES string of the molecule is CCc1nc(C)ccc1C(=O)OC. The molecule has 1 heterocycles. The average Bonchev–Trinajstić information content (AvgIpc) is 2.16. The molecule has 1 rings (SSSR count). The molecule has 13 heavy (non-hydrogen) atoms. The van der Waals surface area contributed by atoms with E-state index in [4.69, 9.17) is 0 Å². The second-order valence-electron chi connectivity index (χ2n) is 2.79. The zero-order chi connectivity index (χ0) is 9.84. The molecule has 0 aromatic carbocycles. The molecule has 0 unspecified atom stereocenters. The highest BCUT2D eigenvalue weighted by Crippen LogP contribution is 2.09. The second kappa shape index (κ2) is 4.03. The van der Waals surface area contributed by atoms with Gasteiger partial charge in [-0.25, -0.2) is 4.79 Å². The van der Waals surface area contributed by atoms with Gasteiger partial charge in [0.25, 0.3) is 0 Å². The molecule has 3 heteroatoms. The smallest absolute Gasteiger partial charge is 0.339 e. The summed E-state index contributed by atoms with van der Waals surface area (Å²) in [6, 6.07) is 3.57. The Morgan fingerprint density at radius 2 is 2.23 bits per heavy atom. The Hall–Kier alpha value is -1.38. The molecule has 0 bridgehead atoms. The monoisotopic (exact) mass is 179 g/mol. The molecule has 0 N–H and O–H groups in total. The molecule has 0 saturated heterocycles. The van der Waals surface area contributed by atoms with Gasteiger partial charge in [0, 0.05) is 5.69 Å². The van der Waals surface area contributed by atoms with Crippen molar-refractivity contribution in [3.8, 4) is 0 Å². The normalized spacial score (nSPS) is 9.77. The number of aromatic nitrogens is 1. The molecule has 0 radical (unpaired) electrons. The topological polar surface area (TPSA) is 39.2 Å². The standard InChI is InChI=1S/C10H13NO2/c1-4-9-8(10(12)13-3)6-5-7(2)11-9/h5-6H,4H2,1-3H3. The van der Waals surface area contributed by atoms with E-state index in [0.29, 0.717) is 5.56 Å². The van der Waals surface area contributed by atoms with E-state index in [0.717, 1.165) is 17.8 Å². The van der Waals surface area contributed by atoms with Gasteiger partial charge >= 0.3 is 5.97 Å². The van der Waals surface area contributed by atoms with Gasteiger partial charge < -0.3 is 4.74 Å². The van der Waals surface area contributed by atoms with Crippen LogP contribution >= 0.6 is 0 Å². The van der Waals surface area contributed by atoms with E-state index in [1.807, 2.05) is 19.9 Å². The van der Waals surface area contributed by atoms with Crippen molar-refractivity contribution in [2.45, 2.75) is 20.3 Å². The summed E-state index contributed by atoms with van der Waals surface area (Å²) in [5.41, 5.74) is 2.28. The average molecular weight is 179 g/mol. The Labute approximate surface area is 77.8 Å². The van der Waals surface area contributed by atoms with Crippen molar-refractivity contribution in [2.75, 3.05) is 7.11 Å². The van der Waals surface area contributed by atoms with Crippen LogP contribution in [0.15, 0.2) is 12.1 Å². The van der Waals surface area contributed by atoms with Crippen molar-refractivity contribution in [2.24, 2.45) is 0 Å². The van der Waals surface area contributed by atoms with Gasteiger partial charge in [-0.05, 0) is 25.5 Å². The predicted octanol–water partition coefficient (Wildman–Crippen LogP) is 1.74. The highest BCUT2D eigenvalue weighted by molar-refractivity contribution is 5.90. The van der Waals surface area contributed by atoms with Crippen molar-refractivity contribution in [3.63, 3.8) is 0 Å². The van der Waals surface area contributed by atoms with Crippen LogP contribution in [0.1, 0.15) is 28.7 Å². The third-order valence-corrected chi connectivity index (χ3v) is 1.85. The first-order chi connectivity index (χ1) is 6.19. The highest BCUT2D eigenvalue weighted by Gasteiger charge is 2.10. The highest BCUT2D eigenvalue weighted by atomic mass is 16.5. The number of aryl methyl sites for hydroxylation is 2. The Morgan fingerprint density at radius 1 is 1.54 bits per heavy atom. The molecule has 0 aliphatic carbocycles. The molecule has 0 aliphatic heterocycles. The summed E-state index contributed by atoms with van der Waals surface area (Å²) in [4.78, 5) is 15.5. The Bertz CT molecular complexity index is 321. The van der Waals surface area contributed by atoms with Crippen molar-refractivity contribution >= 4 is 5.97 Å². The number of hydrogen-bond donors (Lipinski definition) is 0. The number of esters is 1. The van der Waals surface area contributed by atoms with Gasteiger partial charge in [0.2, 0.25) is 0 Å². The summed E-state index contributed by atoms with van der Waals surface area (Å²) < 4.78 is 4.64. The predicted molar refractivity (Wildman–Crippen MR) is 49.7 cm³/mol. The molecule has 0 saturated carbocycles. The molecule has 0 amide bonds. The van der Waals surface area contributed by atoms with Crippen LogP contribution in [0.2, 0.25) is 0 Å². The maximum Gasteiger partial charge on any atom is 0.339 e. The molecule has 0 aliphatic rings. The first-order valence-electron chi connectivity index (χ1n) is 4.24. The van der Waals surface area contributed by atoms with Crippen LogP contribution in [0.3, 0.4) is 0 Å². The van der Waals surface area contributed by atoms with Gasteiger partial charge in [-0.3, -0.25) is 4.98 Å². The van der Waals surface area contributed by atoms with Crippen LogP contribution in [0.4, 0.5) is 0 Å². The summed E-state index contributed by atoms with van der Waals surface area (Å²) in [6.07, 6.45) is 0.742. The molecule has 3 nitrogen and oxygen atoms in total. The number of hydrogen-bond acceptors (Lipinski definition) is 3. The van der Waals surface area contributed by atoms with E-state index in [2.05, 4.69) is 9.72 Å². The van der Waals surface area contributed by atoms with Crippen LogP contribution in [0, 0.1) is 6.92 Å². The number of nitrogens with zero attached hydrogens (tertiary/aromatic N) is 1. The lowest BCUT2D eigenvalue weighted by Crippen LogP contribution is -2.07. The molecule has 0 spiro atoms. The van der Waals surface area contributed by atoms with Gasteiger partial charge in [-0.1, -0.05) is 6.92 Å². The van der Waals surface area contributed by atoms with Gasteiger partial charge in [-0.15, -0.1) is 0 Å². The van der Waals surface area contributed by atoms with Crippen LogP contribution in [-0.4, -0.2) is 18.1 Å². The van der Waals surface area contributed by atoms with Gasteiger partial charge in [0.15, 0.2) is 0 Å². The van der Waals surface area contributed by atoms with Crippen LogP contribution in [0.5, 0.6) is 0 Å². The summed E-state index contributed by atoms with van der Waals surface area (Å²) in [7, 11) is 1.38. The van der Waals surface area contributed by atoms with E-state index >= 15 is 0 Å². The minimum Gasteiger partial charge on any atom is -0.465 e. The van der Waals surface area contributed by atoms with Crippen molar-refractivity contribution in [3.05, 3.63) is 29.1 Å². The number of ether oxygens (including phenoxy) is 1. The third-order valence-electron chi connectivity index (χ3n) is 1.85. The van der Waals surface area contributed by atoms with Crippen molar-refractivity contribution in [1.29, 1.82) is 0 Å². The van der Waals surface area contributed by atoms with Crippen molar-refractivity contribution in [1.82, 2.24) is 4.98 Å². The summed E-state index contributed by atoms with van der Waals surface area (Å²) >= 11 is 0. The fourth-order valence-corrected chi connectivity index (χ4v) is 1.18. The second-order valence-corrected chi connectivity index (χ2v) is 2.79. The Kier molecular flexibility index (Phi) is 3.01. The lowest BCUT2D eigenvalue weighted by atomic mass is 10.1. The first-order valence-corrected chi connectivity index (χ1v) is 4.24. The lowest BCUT2D eigenvalue weighted by Gasteiger charge is -2.05. The molecule has 1 aromatic rings. The zero-order valence-corrected chi connectivity index (χ0v) is 8.13. The molecule has 1 aromatic heterocycles. The van der Waals surface area contributed by atoms with Crippen molar-refractivity contribution < 1.29 is 9.53 Å². The van der Waals surface area contributed by atoms with E-state index < -0.39 is 0 Å². The minimum atomic E-state index is -0.315. The molecule has 70 valence electrons. The van der Waals surface area contributed by atoms with Gasteiger partial charge in [0.05, 0.1) is 18.4 Å². The number of pyridine rings is 1. The molecular weight excluding hydrogens is 166 g/mol. The Balaban J connectivity index is 3.13. The summed E-state index contributed by atoms with van der Waals surface area (Å²) in [5.74, 6) is -0.315. The maximum absolute atomic E-state index is 11.2. The third kappa shape index (κ3) is 2.05. The van der Waals surface area contributed by atoms with E-state index in [9.17, 15) is 4.79 Å². The largest absolute Gasteiger partial charge is 0.465 e. The fraction of sp³-hybridized carbons (Fsp3) is 0.400. The van der Waals surface area contributed by atoms with E-state index in [1.165, 1.54) is 7.11 Å².